The van der Waals surface area contributed by atoms with Crippen molar-refractivity contribution in [1.29, 1.82) is 0 Å². The second kappa shape index (κ2) is 4.84. The number of morpholine rings is 1. The number of para-hydroxylation sites is 1. The van der Waals surface area contributed by atoms with Crippen molar-refractivity contribution in [3.05, 3.63) is 28.2 Å². The minimum atomic E-state index is -0.148. The SMILES string of the molecule is COc1c(Br)cccc1[C@@H]1CNC(=O)CO1. The van der Waals surface area contributed by atoms with E-state index in [1.165, 1.54) is 0 Å². The lowest BCUT2D eigenvalue weighted by Crippen LogP contribution is -2.38. The van der Waals surface area contributed by atoms with E-state index >= 15 is 0 Å². The molecular weight excluding hydrogens is 274 g/mol. The van der Waals surface area contributed by atoms with Crippen molar-refractivity contribution in [3.8, 4) is 5.75 Å². The van der Waals surface area contributed by atoms with E-state index in [9.17, 15) is 4.79 Å². The van der Waals surface area contributed by atoms with Gasteiger partial charge in [-0.3, -0.25) is 4.79 Å². The predicted octanol–water partition coefficient (Wildman–Crippen LogP) is 1.65. The molecule has 2 rings (SSSR count). The highest BCUT2D eigenvalue weighted by Gasteiger charge is 2.23. The van der Waals surface area contributed by atoms with E-state index in [1.807, 2.05) is 18.2 Å². The number of hydrogen-bond donors (Lipinski definition) is 1. The first-order valence-corrected chi connectivity index (χ1v) is 5.72. The zero-order valence-corrected chi connectivity index (χ0v) is 10.4. The average Bonchev–Trinajstić information content (AvgIpc) is 2.30. The van der Waals surface area contributed by atoms with Crippen molar-refractivity contribution >= 4 is 21.8 Å². The summed E-state index contributed by atoms with van der Waals surface area (Å²) < 4.78 is 11.7. The molecule has 1 N–H and O–H groups in total. The second-order valence-corrected chi connectivity index (χ2v) is 4.32. The Morgan fingerprint density at radius 1 is 1.56 bits per heavy atom. The van der Waals surface area contributed by atoms with Gasteiger partial charge >= 0.3 is 0 Å². The third kappa shape index (κ3) is 2.20. The molecule has 1 aromatic rings. The number of rotatable bonds is 2. The molecule has 0 spiro atoms. The molecule has 1 fully saturated rings. The van der Waals surface area contributed by atoms with Crippen LogP contribution in [-0.2, 0) is 9.53 Å². The van der Waals surface area contributed by atoms with Gasteiger partial charge in [0.2, 0.25) is 5.91 Å². The van der Waals surface area contributed by atoms with Crippen molar-refractivity contribution < 1.29 is 14.3 Å². The number of hydrogen-bond acceptors (Lipinski definition) is 3. The highest BCUT2D eigenvalue weighted by Crippen LogP contribution is 2.34. The van der Waals surface area contributed by atoms with Crippen molar-refractivity contribution in [1.82, 2.24) is 5.32 Å². The molecule has 0 saturated carbocycles. The van der Waals surface area contributed by atoms with E-state index in [1.54, 1.807) is 7.11 Å². The van der Waals surface area contributed by atoms with E-state index in [0.717, 1.165) is 15.8 Å². The van der Waals surface area contributed by atoms with Crippen LogP contribution in [0.15, 0.2) is 22.7 Å². The molecule has 0 bridgehead atoms. The standard InChI is InChI=1S/C11H12BrNO3/c1-15-11-7(3-2-4-8(11)12)9-5-13-10(14)6-16-9/h2-4,9H,5-6H2,1H3,(H,13,14)/t9-/m0/s1. The van der Waals surface area contributed by atoms with Crippen LogP contribution < -0.4 is 10.1 Å². The van der Waals surface area contributed by atoms with Crippen LogP contribution in [-0.4, -0.2) is 26.2 Å². The fourth-order valence-corrected chi connectivity index (χ4v) is 2.23. The summed E-state index contributed by atoms with van der Waals surface area (Å²) in [5.74, 6) is 0.675. The molecule has 5 heteroatoms. The Kier molecular flexibility index (Phi) is 3.46. The van der Waals surface area contributed by atoms with Gasteiger partial charge in [0.1, 0.15) is 18.5 Å². The van der Waals surface area contributed by atoms with Gasteiger partial charge in [0.05, 0.1) is 11.6 Å². The van der Waals surface area contributed by atoms with Crippen LogP contribution in [0, 0.1) is 0 Å². The Bertz CT molecular complexity index is 398. The van der Waals surface area contributed by atoms with Crippen LogP contribution in [0.5, 0.6) is 5.75 Å². The topological polar surface area (TPSA) is 47.6 Å². The van der Waals surface area contributed by atoms with Gasteiger partial charge in [0, 0.05) is 12.1 Å². The van der Waals surface area contributed by atoms with E-state index in [-0.39, 0.29) is 18.6 Å². The number of nitrogens with one attached hydrogen (secondary N) is 1. The summed E-state index contributed by atoms with van der Waals surface area (Å²) in [5.41, 5.74) is 0.942. The third-order valence-corrected chi connectivity index (χ3v) is 3.07. The minimum absolute atomic E-state index is 0.0785. The molecule has 16 heavy (non-hydrogen) atoms. The molecule has 1 aromatic carbocycles. The Hall–Kier alpha value is -1.07. The van der Waals surface area contributed by atoms with Gasteiger partial charge < -0.3 is 14.8 Å². The maximum absolute atomic E-state index is 11.0. The predicted molar refractivity (Wildman–Crippen MR) is 62.4 cm³/mol. The first-order valence-electron chi connectivity index (χ1n) is 4.93. The Morgan fingerprint density at radius 3 is 3.00 bits per heavy atom. The number of carbonyl (C=O) groups is 1. The fourth-order valence-electron chi connectivity index (χ4n) is 1.69. The first kappa shape index (κ1) is 11.4. The lowest BCUT2D eigenvalue weighted by atomic mass is 10.1. The number of carbonyl (C=O) groups excluding carboxylic acids is 1. The fraction of sp³-hybridized carbons (Fsp3) is 0.364. The summed E-state index contributed by atoms with van der Waals surface area (Å²) in [6.45, 7) is 0.575. The summed E-state index contributed by atoms with van der Waals surface area (Å²) in [4.78, 5) is 11.0. The molecule has 1 amide bonds. The first-order chi connectivity index (χ1) is 7.72. The van der Waals surface area contributed by atoms with Crippen LogP contribution in [0.25, 0.3) is 0 Å². The van der Waals surface area contributed by atoms with Crippen LogP contribution in [0.3, 0.4) is 0 Å². The smallest absolute Gasteiger partial charge is 0.246 e. The van der Waals surface area contributed by atoms with Gasteiger partial charge in [-0.05, 0) is 22.0 Å². The van der Waals surface area contributed by atoms with Crippen LogP contribution in [0.1, 0.15) is 11.7 Å². The molecule has 1 aliphatic rings. The van der Waals surface area contributed by atoms with Crippen molar-refractivity contribution in [3.63, 3.8) is 0 Å². The van der Waals surface area contributed by atoms with E-state index in [4.69, 9.17) is 9.47 Å². The lowest BCUT2D eigenvalue weighted by Gasteiger charge is -2.25. The Morgan fingerprint density at radius 2 is 2.38 bits per heavy atom. The number of halogens is 1. The van der Waals surface area contributed by atoms with Gasteiger partial charge in [-0.2, -0.15) is 0 Å². The molecule has 1 aliphatic heterocycles. The lowest BCUT2D eigenvalue weighted by molar-refractivity contribution is -0.133. The largest absolute Gasteiger partial charge is 0.495 e. The Labute approximate surface area is 102 Å². The second-order valence-electron chi connectivity index (χ2n) is 3.47. The van der Waals surface area contributed by atoms with Crippen molar-refractivity contribution in [2.45, 2.75) is 6.10 Å². The number of benzene rings is 1. The number of methoxy groups -OCH3 is 1. The molecule has 1 heterocycles. The van der Waals surface area contributed by atoms with Crippen LogP contribution in [0.4, 0.5) is 0 Å². The molecule has 0 radical (unpaired) electrons. The monoisotopic (exact) mass is 285 g/mol. The Balaban J connectivity index is 2.26. The molecule has 1 saturated heterocycles. The maximum atomic E-state index is 11.0. The third-order valence-electron chi connectivity index (χ3n) is 2.45. The van der Waals surface area contributed by atoms with Gasteiger partial charge in [-0.25, -0.2) is 0 Å². The summed E-state index contributed by atoms with van der Waals surface area (Å²) in [5, 5.41) is 2.77. The summed E-state index contributed by atoms with van der Waals surface area (Å²) in [6.07, 6.45) is -0.148. The van der Waals surface area contributed by atoms with Crippen molar-refractivity contribution in [2.75, 3.05) is 20.3 Å². The summed E-state index contributed by atoms with van der Waals surface area (Å²) in [7, 11) is 1.62. The summed E-state index contributed by atoms with van der Waals surface area (Å²) in [6, 6.07) is 5.76. The van der Waals surface area contributed by atoms with Gasteiger partial charge in [0.25, 0.3) is 0 Å². The highest BCUT2D eigenvalue weighted by molar-refractivity contribution is 9.10. The van der Waals surface area contributed by atoms with Crippen LogP contribution >= 0.6 is 15.9 Å². The molecule has 4 nitrogen and oxygen atoms in total. The molecule has 86 valence electrons. The minimum Gasteiger partial charge on any atom is -0.495 e. The quantitative estimate of drug-likeness (QED) is 0.899. The number of ether oxygens (including phenoxy) is 2. The van der Waals surface area contributed by atoms with Gasteiger partial charge in [0.15, 0.2) is 0 Å². The molecule has 0 unspecified atom stereocenters. The molecule has 1 atom stereocenters. The van der Waals surface area contributed by atoms with E-state index in [0.29, 0.717) is 6.54 Å². The molecular formula is C11H12BrNO3. The zero-order valence-electron chi connectivity index (χ0n) is 8.83. The molecule has 0 aromatic heterocycles. The normalized spacial score (nSPS) is 20.4. The van der Waals surface area contributed by atoms with E-state index < -0.39 is 0 Å². The summed E-state index contributed by atoms with van der Waals surface area (Å²) >= 11 is 3.42. The number of amides is 1. The average molecular weight is 286 g/mol. The van der Waals surface area contributed by atoms with Gasteiger partial charge in [-0.15, -0.1) is 0 Å². The maximum Gasteiger partial charge on any atom is 0.246 e. The van der Waals surface area contributed by atoms with Crippen molar-refractivity contribution in [2.24, 2.45) is 0 Å². The van der Waals surface area contributed by atoms with Gasteiger partial charge in [-0.1, -0.05) is 12.1 Å². The van der Waals surface area contributed by atoms with Crippen LogP contribution in [0.2, 0.25) is 0 Å². The zero-order chi connectivity index (χ0) is 11.5. The molecule has 0 aliphatic carbocycles. The van der Waals surface area contributed by atoms with E-state index in [2.05, 4.69) is 21.2 Å². The highest BCUT2D eigenvalue weighted by atomic mass is 79.9.